The Morgan fingerprint density at radius 3 is 2.48 bits per heavy atom. The first-order valence-corrected chi connectivity index (χ1v) is 7.72. The lowest BCUT2D eigenvalue weighted by Crippen LogP contribution is -2.05. The van der Waals surface area contributed by atoms with E-state index in [1.165, 1.54) is 0 Å². The Balaban J connectivity index is 1.94. The van der Waals surface area contributed by atoms with Gasteiger partial charge in [-0.3, -0.25) is 0 Å². The molecule has 3 N–H and O–H groups in total. The highest BCUT2D eigenvalue weighted by Crippen LogP contribution is 2.31. The lowest BCUT2D eigenvalue weighted by molar-refractivity contribution is 0.242. The van der Waals surface area contributed by atoms with Gasteiger partial charge in [0.1, 0.15) is 11.6 Å². The van der Waals surface area contributed by atoms with Crippen LogP contribution in [0.5, 0.6) is 5.75 Å². The van der Waals surface area contributed by atoms with E-state index in [1.54, 1.807) is 6.20 Å². The van der Waals surface area contributed by atoms with Gasteiger partial charge in [0.05, 0.1) is 6.10 Å². The van der Waals surface area contributed by atoms with E-state index in [4.69, 9.17) is 10.5 Å². The Bertz CT molecular complexity index is 826. The van der Waals surface area contributed by atoms with Gasteiger partial charge in [-0.2, -0.15) is 0 Å². The third-order valence-electron chi connectivity index (χ3n) is 3.66. The van der Waals surface area contributed by atoms with Gasteiger partial charge in [0, 0.05) is 28.3 Å². The summed E-state index contributed by atoms with van der Waals surface area (Å²) in [4.78, 5) is 4.48. The van der Waals surface area contributed by atoms with Gasteiger partial charge in [0.25, 0.3) is 0 Å². The molecular weight excluding hydrogens is 286 g/mol. The van der Waals surface area contributed by atoms with Crippen molar-refractivity contribution in [1.29, 1.82) is 0 Å². The van der Waals surface area contributed by atoms with E-state index in [1.807, 2.05) is 56.3 Å². The van der Waals surface area contributed by atoms with Crippen molar-refractivity contribution in [1.82, 2.24) is 4.98 Å². The number of nitrogens with one attached hydrogen (secondary N) is 1. The van der Waals surface area contributed by atoms with E-state index in [-0.39, 0.29) is 6.10 Å². The van der Waals surface area contributed by atoms with Crippen LogP contribution in [0.3, 0.4) is 0 Å². The molecule has 23 heavy (non-hydrogen) atoms. The Kier molecular flexibility index (Phi) is 4.06. The Morgan fingerprint density at radius 2 is 1.78 bits per heavy atom. The van der Waals surface area contributed by atoms with Crippen LogP contribution < -0.4 is 15.8 Å². The number of nitrogen functional groups attached to an aromatic ring is 1. The molecule has 0 saturated carbocycles. The molecule has 0 unspecified atom stereocenters. The molecule has 1 heterocycles. The highest BCUT2D eigenvalue weighted by Gasteiger charge is 2.08. The second-order valence-electron chi connectivity index (χ2n) is 5.87. The number of benzene rings is 2. The molecule has 0 amide bonds. The molecule has 0 aliphatic rings. The number of rotatable bonds is 4. The molecule has 4 heteroatoms. The quantitative estimate of drug-likeness (QED) is 0.688. The van der Waals surface area contributed by atoms with E-state index >= 15 is 0 Å². The van der Waals surface area contributed by atoms with Gasteiger partial charge in [-0.05, 0) is 62.7 Å². The average Bonchev–Trinajstić information content (AvgIpc) is 2.52. The standard InChI is InChI=1S/C19H21N3O/c1-12(2)23-15-7-5-14(6-8-15)22-19-18-13(3)4-9-17(20)16(18)10-11-21-19/h4-12H,20H2,1-3H3,(H,21,22). The summed E-state index contributed by atoms with van der Waals surface area (Å²) in [6.07, 6.45) is 1.94. The summed E-state index contributed by atoms with van der Waals surface area (Å²) in [6, 6.07) is 13.8. The molecule has 1 aromatic heterocycles. The van der Waals surface area contributed by atoms with Crippen molar-refractivity contribution in [2.75, 3.05) is 11.1 Å². The third kappa shape index (κ3) is 3.21. The number of ether oxygens (including phenoxy) is 1. The molecule has 0 aliphatic carbocycles. The maximum atomic E-state index is 6.08. The van der Waals surface area contributed by atoms with E-state index in [2.05, 4.69) is 17.2 Å². The second kappa shape index (κ2) is 6.16. The van der Waals surface area contributed by atoms with Gasteiger partial charge in [-0.15, -0.1) is 0 Å². The van der Waals surface area contributed by atoms with Crippen molar-refractivity contribution >= 4 is 28.0 Å². The summed E-state index contributed by atoms with van der Waals surface area (Å²) < 4.78 is 5.66. The predicted molar refractivity (Wildman–Crippen MR) is 96.4 cm³/mol. The number of nitrogens with two attached hydrogens (primary N) is 1. The first-order chi connectivity index (χ1) is 11.0. The van der Waals surface area contributed by atoms with E-state index in [0.717, 1.165) is 39.3 Å². The maximum absolute atomic E-state index is 6.08. The summed E-state index contributed by atoms with van der Waals surface area (Å²) in [5, 5.41) is 5.44. The van der Waals surface area contributed by atoms with Crippen LogP contribution in [-0.2, 0) is 0 Å². The van der Waals surface area contributed by atoms with E-state index in [0.29, 0.717) is 0 Å². The first-order valence-electron chi connectivity index (χ1n) is 7.72. The van der Waals surface area contributed by atoms with Gasteiger partial charge < -0.3 is 15.8 Å². The number of hydrogen-bond acceptors (Lipinski definition) is 4. The van der Waals surface area contributed by atoms with Crippen LogP contribution in [0.4, 0.5) is 17.2 Å². The van der Waals surface area contributed by atoms with Crippen molar-refractivity contribution in [3.05, 3.63) is 54.2 Å². The summed E-state index contributed by atoms with van der Waals surface area (Å²) in [7, 11) is 0. The molecular formula is C19H21N3O. The summed E-state index contributed by atoms with van der Waals surface area (Å²) in [6.45, 7) is 6.09. The molecule has 3 rings (SSSR count). The smallest absolute Gasteiger partial charge is 0.138 e. The van der Waals surface area contributed by atoms with Crippen LogP contribution >= 0.6 is 0 Å². The number of nitrogens with zero attached hydrogens (tertiary/aromatic N) is 1. The zero-order valence-corrected chi connectivity index (χ0v) is 13.6. The summed E-state index contributed by atoms with van der Waals surface area (Å²) >= 11 is 0. The Morgan fingerprint density at radius 1 is 1.04 bits per heavy atom. The van der Waals surface area contributed by atoms with Crippen molar-refractivity contribution in [2.24, 2.45) is 0 Å². The van der Waals surface area contributed by atoms with Crippen molar-refractivity contribution < 1.29 is 4.74 Å². The van der Waals surface area contributed by atoms with Gasteiger partial charge in [-0.1, -0.05) is 6.07 Å². The minimum atomic E-state index is 0.166. The maximum Gasteiger partial charge on any atom is 0.138 e. The average molecular weight is 307 g/mol. The third-order valence-corrected chi connectivity index (χ3v) is 3.66. The molecule has 0 spiro atoms. The van der Waals surface area contributed by atoms with Crippen LogP contribution in [0.1, 0.15) is 19.4 Å². The fourth-order valence-electron chi connectivity index (χ4n) is 2.61. The molecule has 0 aliphatic heterocycles. The number of aromatic nitrogens is 1. The van der Waals surface area contributed by atoms with Crippen LogP contribution in [0.2, 0.25) is 0 Å². The topological polar surface area (TPSA) is 60.2 Å². The second-order valence-corrected chi connectivity index (χ2v) is 5.87. The molecule has 0 saturated heterocycles. The fourth-order valence-corrected chi connectivity index (χ4v) is 2.61. The molecule has 0 fully saturated rings. The first kappa shape index (κ1) is 15.2. The Hall–Kier alpha value is -2.75. The molecule has 0 radical (unpaired) electrons. The van der Waals surface area contributed by atoms with Crippen LogP contribution in [-0.4, -0.2) is 11.1 Å². The SMILES string of the molecule is Cc1ccc(N)c2ccnc(Nc3ccc(OC(C)C)cc3)c12. The van der Waals surface area contributed by atoms with Crippen molar-refractivity contribution in [3.8, 4) is 5.75 Å². The molecule has 2 aromatic carbocycles. The highest BCUT2D eigenvalue weighted by atomic mass is 16.5. The van der Waals surface area contributed by atoms with Crippen molar-refractivity contribution in [3.63, 3.8) is 0 Å². The molecule has 0 bridgehead atoms. The van der Waals surface area contributed by atoms with Crippen molar-refractivity contribution in [2.45, 2.75) is 26.9 Å². The lowest BCUT2D eigenvalue weighted by atomic mass is 10.1. The zero-order valence-electron chi connectivity index (χ0n) is 13.6. The monoisotopic (exact) mass is 307 g/mol. The number of anilines is 3. The normalized spacial score (nSPS) is 11.0. The summed E-state index contributed by atoms with van der Waals surface area (Å²) in [5.74, 6) is 1.67. The van der Waals surface area contributed by atoms with Gasteiger partial charge in [0.15, 0.2) is 0 Å². The van der Waals surface area contributed by atoms with E-state index < -0.39 is 0 Å². The van der Waals surface area contributed by atoms with Gasteiger partial charge in [-0.25, -0.2) is 4.98 Å². The van der Waals surface area contributed by atoms with Gasteiger partial charge in [0.2, 0.25) is 0 Å². The summed E-state index contributed by atoms with van der Waals surface area (Å²) in [5.41, 5.74) is 8.95. The molecule has 0 atom stereocenters. The zero-order chi connectivity index (χ0) is 16.4. The number of hydrogen-bond donors (Lipinski definition) is 2. The molecule has 3 aromatic rings. The lowest BCUT2D eigenvalue weighted by Gasteiger charge is -2.13. The molecule has 4 nitrogen and oxygen atoms in total. The van der Waals surface area contributed by atoms with Crippen LogP contribution in [0.15, 0.2) is 48.7 Å². The van der Waals surface area contributed by atoms with E-state index in [9.17, 15) is 0 Å². The molecule has 118 valence electrons. The van der Waals surface area contributed by atoms with Gasteiger partial charge >= 0.3 is 0 Å². The van der Waals surface area contributed by atoms with Crippen LogP contribution in [0.25, 0.3) is 10.8 Å². The number of pyridine rings is 1. The minimum absolute atomic E-state index is 0.166. The largest absolute Gasteiger partial charge is 0.491 e. The predicted octanol–water partition coefficient (Wildman–Crippen LogP) is 4.66. The minimum Gasteiger partial charge on any atom is -0.491 e. The number of aryl methyl sites for hydroxylation is 1. The fraction of sp³-hybridized carbons (Fsp3) is 0.211. The Labute approximate surface area is 136 Å². The van der Waals surface area contributed by atoms with Crippen LogP contribution in [0, 0.1) is 6.92 Å². The highest BCUT2D eigenvalue weighted by molar-refractivity contribution is 6.02. The number of fused-ring (bicyclic) bond motifs is 1.